The summed E-state index contributed by atoms with van der Waals surface area (Å²) in [7, 11) is 2.00. The molecule has 0 spiro atoms. The summed E-state index contributed by atoms with van der Waals surface area (Å²) in [6.07, 6.45) is 5.89. The molecule has 1 aliphatic heterocycles. The Morgan fingerprint density at radius 2 is 1.96 bits per heavy atom. The Balaban J connectivity index is 1.42. The first-order valence-electron chi connectivity index (χ1n) is 9.14. The number of hydrogen-bond acceptors (Lipinski definition) is 2. The summed E-state index contributed by atoms with van der Waals surface area (Å²) in [4.78, 5) is 16.8. The first-order valence-corrected chi connectivity index (χ1v) is 9.14. The summed E-state index contributed by atoms with van der Waals surface area (Å²) in [6.45, 7) is 6.48. The van der Waals surface area contributed by atoms with E-state index >= 15 is 0 Å². The van der Waals surface area contributed by atoms with Gasteiger partial charge in [-0.3, -0.25) is 9.69 Å². The standard InChI is InChI=1S/C20H30N2O/c1-16-5-3-6-18(13-16)15-22-11-9-17(10-12-22)14-21(2)20(23)19-7-4-8-19/h3,5-6,13,17,19H,4,7-12,14-15H2,1-2H3. The SMILES string of the molecule is Cc1cccc(CN2CCC(CN(C)C(=O)C3CCC3)CC2)c1. The molecule has 0 atom stereocenters. The molecule has 3 heteroatoms. The van der Waals surface area contributed by atoms with Gasteiger partial charge in [-0.25, -0.2) is 0 Å². The van der Waals surface area contributed by atoms with E-state index in [0.29, 0.717) is 17.7 Å². The van der Waals surface area contributed by atoms with Crippen LogP contribution in [0.5, 0.6) is 0 Å². The zero-order valence-corrected chi connectivity index (χ0v) is 14.6. The molecule has 3 rings (SSSR count). The van der Waals surface area contributed by atoms with E-state index in [0.717, 1.165) is 39.0 Å². The first-order chi connectivity index (χ1) is 11.1. The van der Waals surface area contributed by atoms with Crippen molar-refractivity contribution in [1.82, 2.24) is 9.80 Å². The van der Waals surface area contributed by atoms with Crippen LogP contribution in [0.25, 0.3) is 0 Å². The highest BCUT2D eigenvalue weighted by Gasteiger charge is 2.29. The maximum Gasteiger partial charge on any atom is 0.225 e. The van der Waals surface area contributed by atoms with E-state index in [9.17, 15) is 4.79 Å². The molecule has 0 N–H and O–H groups in total. The van der Waals surface area contributed by atoms with Crippen LogP contribution in [0.3, 0.4) is 0 Å². The van der Waals surface area contributed by atoms with Crippen molar-refractivity contribution in [3.05, 3.63) is 35.4 Å². The number of carbonyl (C=O) groups is 1. The molecule has 1 saturated heterocycles. The summed E-state index contributed by atoms with van der Waals surface area (Å²) >= 11 is 0. The van der Waals surface area contributed by atoms with Crippen LogP contribution in [0.2, 0.25) is 0 Å². The molecule has 0 radical (unpaired) electrons. The van der Waals surface area contributed by atoms with Crippen molar-refractivity contribution in [2.75, 3.05) is 26.7 Å². The predicted molar refractivity (Wildman–Crippen MR) is 94.2 cm³/mol. The highest BCUT2D eigenvalue weighted by Crippen LogP contribution is 2.29. The van der Waals surface area contributed by atoms with Gasteiger partial charge in [-0.1, -0.05) is 36.2 Å². The van der Waals surface area contributed by atoms with E-state index in [-0.39, 0.29) is 0 Å². The fraction of sp³-hybridized carbons (Fsp3) is 0.650. The van der Waals surface area contributed by atoms with Gasteiger partial charge in [0.15, 0.2) is 0 Å². The topological polar surface area (TPSA) is 23.6 Å². The maximum absolute atomic E-state index is 12.3. The second kappa shape index (κ2) is 7.48. The monoisotopic (exact) mass is 314 g/mol. The van der Waals surface area contributed by atoms with Crippen molar-refractivity contribution in [2.45, 2.75) is 45.6 Å². The zero-order chi connectivity index (χ0) is 16.2. The van der Waals surface area contributed by atoms with E-state index in [2.05, 4.69) is 36.1 Å². The van der Waals surface area contributed by atoms with Crippen molar-refractivity contribution in [3.8, 4) is 0 Å². The van der Waals surface area contributed by atoms with Gasteiger partial charge in [0.2, 0.25) is 5.91 Å². The third kappa shape index (κ3) is 4.35. The fourth-order valence-electron chi connectivity index (χ4n) is 3.84. The van der Waals surface area contributed by atoms with Crippen LogP contribution in [0.1, 0.15) is 43.2 Å². The minimum atomic E-state index is 0.335. The molecule has 23 heavy (non-hydrogen) atoms. The minimum absolute atomic E-state index is 0.335. The highest BCUT2D eigenvalue weighted by atomic mass is 16.2. The van der Waals surface area contributed by atoms with E-state index < -0.39 is 0 Å². The Kier molecular flexibility index (Phi) is 5.37. The quantitative estimate of drug-likeness (QED) is 0.831. The van der Waals surface area contributed by atoms with Crippen molar-refractivity contribution in [2.24, 2.45) is 11.8 Å². The predicted octanol–water partition coefficient (Wildman–Crippen LogP) is 3.47. The van der Waals surface area contributed by atoms with E-state index in [1.807, 2.05) is 11.9 Å². The van der Waals surface area contributed by atoms with Crippen LogP contribution in [0.15, 0.2) is 24.3 Å². The second-order valence-corrected chi connectivity index (χ2v) is 7.56. The summed E-state index contributed by atoms with van der Waals surface area (Å²) in [6, 6.07) is 8.82. The second-order valence-electron chi connectivity index (χ2n) is 7.56. The molecule has 1 aromatic rings. The number of aryl methyl sites for hydroxylation is 1. The van der Waals surface area contributed by atoms with Gasteiger partial charge in [0, 0.05) is 26.1 Å². The van der Waals surface area contributed by atoms with Gasteiger partial charge in [-0.15, -0.1) is 0 Å². The third-order valence-electron chi connectivity index (χ3n) is 5.56. The molecule has 1 aromatic carbocycles. The number of likely N-dealkylation sites (tertiary alicyclic amines) is 1. The van der Waals surface area contributed by atoms with E-state index in [1.54, 1.807) is 0 Å². The van der Waals surface area contributed by atoms with Crippen LogP contribution in [-0.4, -0.2) is 42.4 Å². The number of carbonyl (C=O) groups excluding carboxylic acids is 1. The molecule has 1 amide bonds. The van der Waals surface area contributed by atoms with Gasteiger partial charge in [0.05, 0.1) is 0 Å². The van der Waals surface area contributed by atoms with Crippen LogP contribution in [0.4, 0.5) is 0 Å². The van der Waals surface area contributed by atoms with Gasteiger partial charge >= 0.3 is 0 Å². The van der Waals surface area contributed by atoms with Crippen molar-refractivity contribution >= 4 is 5.91 Å². The lowest BCUT2D eigenvalue weighted by molar-refractivity contribution is -0.137. The average molecular weight is 314 g/mol. The number of nitrogens with zero attached hydrogens (tertiary/aromatic N) is 2. The normalized spacial score (nSPS) is 20.3. The molecule has 0 bridgehead atoms. The Bertz CT molecular complexity index is 530. The number of amides is 1. The zero-order valence-electron chi connectivity index (χ0n) is 14.6. The Morgan fingerprint density at radius 1 is 1.22 bits per heavy atom. The molecular weight excluding hydrogens is 284 g/mol. The van der Waals surface area contributed by atoms with Gasteiger partial charge < -0.3 is 4.90 Å². The molecule has 3 nitrogen and oxygen atoms in total. The van der Waals surface area contributed by atoms with Gasteiger partial charge in [-0.2, -0.15) is 0 Å². The molecule has 2 aliphatic rings. The number of hydrogen-bond donors (Lipinski definition) is 0. The average Bonchev–Trinajstić information content (AvgIpc) is 2.47. The Hall–Kier alpha value is -1.35. The maximum atomic E-state index is 12.3. The lowest BCUT2D eigenvalue weighted by Gasteiger charge is -2.35. The number of piperidine rings is 1. The summed E-state index contributed by atoms with van der Waals surface area (Å²) in [5.41, 5.74) is 2.76. The molecule has 126 valence electrons. The smallest absolute Gasteiger partial charge is 0.225 e. The lowest BCUT2D eigenvalue weighted by Crippen LogP contribution is -2.42. The molecule has 1 aliphatic carbocycles. The number of benzene rings is 1. The summed E-state index contributed by atoms with van der Waals surface area (Å²) in [5, 5.41) is 0. The fourth-order valence-corrected chi connectivity index (χ4v) is 3.84. The van der Waals surface area contributed by atoms with Crippen molar-refractivity contribution in [1.29, 1.82) is 0 Å². The van der Waals surface area contributed by atoms with Crippen molar-refractivity contribution < 1.29 is 4.79 Å². The van der Waals surface area contributed by atoms with Gasteiger partial charge in [0.1, 0.15) is 0 Å². The van der Waals surface area contributed by atoms with Crippen LogP contribution in [0, 0.1) is 18.8 Å². The molecule has 0 aromatic heterocycles. The third-order valence-corrected chi connectivity index (χ3v) is 5.56. The largest absolute Gasteiger partial charge is 0.345 e. The van der Waals surface area contributed by atoms with Crippen LogP contribution in [-0.2, 0) is 11.3 Å². The molecule has 1 heterocycles. The lowest BCUT2D eigenvalue weighted by atomic mass is 9.84. The Morgan fingerprint density at radius 3 is 2.57 bits per heavy atom. The molecular formula is C20H30N2O. The van der Waals surface area contributed by atoms with Gasteiger partial charge in [-0.05, 0) is 57.2 Å². The summed E-state index contributed by atoms with van der Waals surface area (Å²) < 4.78 is 0. The van der Waals surface area contributed by atoms with Gasteiger partial charge in [0.25, 0.3) is 0 Å². The molecule has 1 saturated carbocycles. The molecule has 0 unspecified atom stereocenters. The minimum Gasteiger partial charge on any atom is -0.345 e. The summed E-state index contributed by atoms with van der Waals surface area (Å²) in [5.74, 6) is 1.40. The molecule has 2 fully saturated rings. The first kappa shape index (κ1) is 16.5. The van der Waals surface area contributed by atoms with E-state index in [4.69, 9.17) is 0 Å². The van der Waals surface area contributed by atoms with Crippen LogP contribution >= 0.6 is 0 Å². The van der Waals surface area contributed by atoms with E-state index in [1.165, 1.54) is 30.4 Å². The van der Waals surface area contributed by atoms with Crippen molar-refractivity contribution in [3.63, 3.8) is 0 Å². The highest BCUT2D eigenvalue weighted by molar-refractivity contribution is 5.79. The van der Waals surface area contributed by atoms with Crippen LogP contribution < -0.4 is 0 Å². The Labute approximate surface area is 140 Å². The number of rotatable bonds is 5.